The Morgan fingerprint density at radius 1 is 1.50 bits per heavy atom. The van der Waals surface area contributed by atoms with Gasteiger partial charge in [-0.3, -0.25) is 4.79 Å². The van der Waals surface area contributed by atoms with Crippen LogP contribution in [0.2, 0.25) is 4.34 Å². The van der Waals surface area contributed by atoms with Gasteiger partial charge < -0.3 is 10.1 Å². The zero-order chi connectivity index (χ0) is 14.5. The van der Waals surface area contributed by atoms with Gasteiger partial charge in [-0.25, -0.2) is 4.39 Å². The van der Waals surface area contributed by atoms with E-state index in [2.05, 4.69) is 11.9 Å². The highest BCUT2D eigenvalue weighted by Gasteiger charge is 2.08. The van der Waals surface area contributed by atoms with Crippen molar-refractivity contribution in [2.45, 2.75) is 6.61 Å². The van der Waals surface area contributed by atoms with Gasteiger partial charge in [0.25, 0.3) is 0 Å². The summed E-state index contributed by atoms with van der Waals surface area (Å²) in [6.45, 7) is 3.51. The Balaban J connectivity index is 2.04. The van der Waals surface area contributed by atoms with Crippen molar-refractivity contribution < 1.29 is 13.9 Å². The minimum absolute atomic E-state index is 0.101. The average Bonchev–Trinajstić information content (AvgIpc) is 2.83. The van der Waals surface area contributed by atoms with Gasteiger partial charge in [0.05, 0.1) is 4.34 Å². The van der Waals surface area contributed by atoms with Gasteiger partial charge in [0.2, 0.25) is 5.91 Å². The number of hydrogen-bond donors (Lipinski definition) is 1. The van der Waals surface area contributed by atoms with Crippen LogP contribution < -0.4 is 10.1 Å². The van der Waals surface area contributed by atoms with E-state index < -0.39 is 11.7 Å². The number of hydrogen-bond acceptors (Lipinski definition) is 3. The normalized spacial score (nSPS) is 10.1. The molecule has 0 radical (unpaired) electrons. The van der Waals surface area contributed by atoms with E-state index in [4.69, 9.17) is 16.3 Å². The second-order valence-corrected chi connectivity index (χ2v) is 5.36. The maximum atomic E-state index is 13.8. The minimum Gasteiger partial charge on any atom is -0.486 e. The summed E-state index contributed by atoms with van der Waals surface area (Å²) in [6, 6.07) is 6.01. The van der Waals surface area contributed by atoms with Crippen LogP contribution in [0, 0.1) is 5.82 Å². The molecule has 0 saturated heterocycles. The number of nitrogens with one attached hydrogen (secondary N) is 1. The third-order valence-corrected chi connectivity index (χ3v) is 3.71. The number of ether oxygens (including phenoxy) is 1. The summed E-state index contributed by atoms with van der Waals surface area (Å²) in [5, 5.41) is 4.31. The van der Waals surface area contributed by atoms with Crippen molar-refractivity contribution in [3.8, 4) is 5.75 Å². The fourth-order valence-corrected chi connectivity index (χ4v) is 2.37. The summed E-state index contributed by atoms with van der Waals surface area (Å²) >= 11 is 7.32. The summed E-state index contributed by atoms with van der Waals surface area (Å²) in [5.41, 5.74) is 1.15. The van der Waals surface area contributed by atoms with Crippen LogP contribution in [0.15, 0.2) is 42.3 Å². The van der Waals surface area contributed by atoms with Crippen molar-refractivity contribution in [1.82, 2.24) is 0 Å². The number of carbonyl (C=O) groups is 1. The van der Waals surface area contributed by atoms with Gasteiger partial charge in [0.15, 0.2) is 11.6 Å². The third-order valence-electron chi connectivity index (χ3n) is 2.46. The van der Waals surface area contributed by atoms with Gasteiger partial charge in [-0.15, -0.1) is 11.3 Å². The van der Waals surface area contributed by atoms with Crippen LogP contribution >= 0.6 is 22.9 Å². The molecule has 1 amide bonds. The van der Waals surface area contributed by atoms with Crippen LogP contribution in [0.4, 0.5) is 10.1 Å². The van der Waals surface area contributed by atoms with Gasteiger partial charge in [-0.1, -0.05) is 18.2 Å². The number of thiophene rings is 1. The van der Waals surface area contributed by atoms with Gasteiger partial charge in [-0.05, 0) is 29.7 Å². The number of benzene rings is 1. The molecule has 2 rings (SSSR count). The molecule has 0 unspecified atom stereocenters. The van der Waals surface area contributed by atoms with Gasteiger partial charge in [0.1, 0.15) is 6.61 Å². The van der Waals surface area contributed by atoms with Crippen molar-refractivity contribution in [2.75, 3.05) is 5.32 Å². The Kier molecular flexibility index (Phi) is 4.76. The zero-order valence-electron chi connectivity index (χ0n) is 10.4. The second kappa shape index (κ2) is 6.54. The van der Waals surface area contributed by atoms with E-state index in [0.717, 1.165) is 11.6 Å². The van der Waals surface area contributed by atoms with Crippen molar-refractivity contribution >= 4 is 34.5 Å². The summed E-state index contributed by atoms with van der Waals surface area (Å²) in [6.07, 6.45) is 1.11. The summed E-state index contributed by atoms with van der Waals surface area (Å²) in [4.78, 5) is 11.1. The first-order valence-corrected chi connectivity index (χ1v) is 6.93. The molecule has 1 aromatic carbocycles. The van der Waals surface area contributed by atoms with Crippen molar-refractivity contribution in [1.29, 1.82) is 0 Å². The molecule has 1 N–H and O–H groups in total. The van der Waals surface area contributed by atoms with E-state index in [1.807, 2.05) is 11.4 Å². The summed E-state index contributed by atoms with van der Waals surface area (Å²) < 4.78 is 19.8. The van der Waals surface area contributed by atoms with Crippen LogP contribution in [0.5, 0.6) is 5.75 Å². The Bertz CT molecular complexity index is 642. The first-order chi connectivity index (χ1) is 9.60. The lowest BCUT2D eigenvalue weighted by Gasteiger charge is -2.08. The minimum atomic E-state index is -0.557. The van der Waals surface area contributed by atoms with E-state index >= 15 is 0 Å². The maximum absolute atomic E-state index is 13.8. The average molecular weight is 312 g/mol. The maximum Gasteiger partial charge on any atom is 0.247 e. The Hall–Kier alpha value is -1.85. The molecule has 3 nitrogen and oxygen atoms in total. The van der Waals surface area contributed by atoms with Gasteiger partial charge in [-0.2, -0.15) is 0 Å². The standard InChI is InChI=1S/C14H11ClFNO2S/c1-2-13(18)17-10-3-4-12(11(16)7-10)19-8-9-5-6-20-14(9)15/h2-7H,1,8H2,(H,17,18). The van der Waals surface area contributed by atoms with Crippen LogP contribution in [-0.2, 0) is 11.4 Å². The number of rotatable bonds is 5. The monoisotopic (exact) mass is 311 g/mol. The molecule has 6 heteroatoms. The van der Waals surface area contributed by atoms with Gasteiger partial charge >= 0.3 is 0 Å². The zero-order valence-corrected chi connectivity index (χ0v) is 11.9. The van der Waals surface area contributed by atoms with E-state index in [0.29, 0.717) is 10.0 Å². The molecule has 0 fully saturated rings. The Labute approximate surface area is 124 Å². The lowest BCUT2D eigenvalue weighted by Crippen LogP contribution is -2.07. The number of carbonyl (C=O) groups excluding carboxylic acids is 1. The lowest BCUT2D eigenvalue weighted by atomic mass is 10.3. The molecule has 0 bridgehead atoms. The molecule has 0 spiro atoms. The molecule has 1 heterocycles. The molecule has 1 aromatic heterocycles. The SMILES string of the molecule is C=CC(=O)Nc1ccc(OCc2ccsc2Cl)c(F)c1. The highest BCUT2D eigenvalue weighted by molar-refractivity contribution is 7.14. The van der Waals surface area contributed by atoms with Crippen LogP contribution in [0.1, 0.15) is 5.56 Å². The molecular formula is C14H11ClFNO2S. The number of halogens is 2. The van der Waals surface area contributed by atoms with Crippen LogP contribution in [-0.4, -0.2) is 5.91 Å². The molecule has 0 aliphatic heterocycles. The van der Waals surface area contributed by atoms with Gasteiger partial charge in [0, 0.05) is 17.3 Å². The number of amides is 1. The van der Waals surface area contributed by atoms with E-state index in [1.165, 1.54) is 23.5 Å². The van der Waals surface area contributed by atoms with E-state index in [-0.39, 0.29) is 12.4 Å². The molecule has 0 saturated carbocycles. The predicted octanol–water partition coefficient (Wildman–Crippen LogP) is 4.24. The fraction of sp³-hybridized carbons (Fsp3) is 0.0714. The smallest absolute Gasteiger partial charge is 0.247 e. The molecule has 0 atom stereocenters. The predicted molar refractivity (Wildman–Crippen MR) is 78.9 cm³/mol. The number of anilines is 1. The molecule has 104 valence electrons. The lowest BCUT2D eigenvalue weighted by molar-refractivity contribution is -0.111. The van der Waals surface area contributed by atoms with Crippen LogP contribution in [0.25, 0.3) is 0 Å². The van der Waals surface area contributed by atoms with Crippen LogP contribution in [0.3, 0.4) is 0 Å². The van der Waals surface area contributed by atoms with Crippen molar-refractivity contribution in [3.63, 3.8) is 0 Å². The highest BCUT2D eigenvalue weighted by Crippen LogP contribution is 2.26. The topological polar surface area (TPSA) is 38.3 Å². The van der Waals surface area contributed by atoms with E-state index in [9.17, 15) is 9.18 Å². The Morgan fingerprint density at radius 2 is 2.30 bits per heavy atom. The molecular weight excluding hydrogens is 301 g/mol. The van der Waals surface area contributed by atoms with Crippen molar-refractivity contribution in [2.24, 2.45) is 0 Å². The second-order valence-electron chi connectivity index (χ2n) is 3.85. The molecule has 0 aliphatic rings. The van der Waals surface area contributed by atoms with Crippen molar-refractivity contribution in [3.05, 3.63) is 58.0 Å². The molecule has 2 aromatic rings. The Morgan fingerprint density at radius 3 is 2.90 bits per heavy atom. The third kappa shape index (κ3) is 3.59. The highest BCUT2D eigenvalue weighted by atomic mass is 35.5. The molecule has 20 heavy (non-hydrogen) atoms. The quantitative estimate of drug-likeness (QED) is 0.839. The largest absolute Gasteiger partial charge is 0.486 e. The summed E-state index contributed by atoms with van der Waals surface area (Å²) in [7, 11) is 0. The molecule has 0 aliphatic carbocycles. The fourth-order valence-electron chi connectivity index (χ4n) is 1.47. The first kappa shape index (κ1) is 14.6. The first-order valence-electron chi connectivity index (χ1n) is 5.68. The summed E-state index contributed by atoms with van der Waals surface area (Å²) in [5.74, 6) is -0.856. The van der Waals surface area contributed by atoms with E-state index in [1.54, 1.807) is 6.07 Å².